The Balaban J connectivity index is 1.86. The van der Waals surface area contributed by atoms with Gasteiger partial charge in [0.2, 0.25) is 0 Å². The minimum atomic E-state index is -0.615. The second-order valence-electron chi connectivity index (χ2n) is 14.0. The molecule has 3 aromatic carbocycles. The van der Waals surface area contributed by atoms with Gasteiger partial charge in [-0.1, -0.05) is 130 Å². The van der Waals surface area contributed by atoms with E-state index in [9.17, 15) is 9.59 Å². The van der Waals surface area contributed by atoms with E-state index in [4.69, 9.17) is 28.4 Å². The maximum Gasteiger partial charge on any atom is 0.306 e. The summed E-state index contributed by atoms with van der Waals surface area (Å²) < 4.78 is 37.5. The van der Waals surface area contributed by atoms with E-state index >= 15 is 0 Å². The molecule has 0 spiro atoms. The second-order valence-corrected chi connectivity index (χ2v) is 14.9. The Morgan fingerprint density at radius 3 is 1.49 bits per heavy atom. The topological polar surface area (TPSA) is 89.5 Å². The molecule has 0 aromatic heterocycles. The minimum Gasteiger partial charge on any atom is -0.488 e. The summed E-state index contributed by atoms with van der Waals surface area (Å²) in [5.41, 5.74) is 1.76. The third-order valence-electron chi connectivity index (χ3n) is 8.58. The fraction of sp³-hybridized carbons (Fsp3) is 0.545. The van der Waals surface area contributed by atoms with Gasteiger partial charge in [-0.15, -0.1) is 0 Å². The number of carbonyl (C=O) groups is 2. The highest BCUT2D eigenvalue weighted by atomic mass is 79.9. The SMILES string of the molecule is C=C(C)COCC(COc1c2ccccc2c(OCC(COCC(=C)C)OC(=O)CCCCCCC)c2cc(Br)ccc12)OC(=O)CCCCCCC. The van der Waals surface area contributed by atoms with Crippen LogP contribution >= 0.6 is 15.9 Å². The van der Waals surface area contributed by atoms with Crippen LogP contribution in [-0.2, 0) is 28.5 Å². The molecule has 0 radical (unpaired) electrons. The van der Waals surface area contributed by atoms with Crippen molar-refractivity contribution in [2.75, 3.05) is 39.6 Å². The smallest absolute Gasteiger partial charge is 0.306 e. The Morgan fingerprint density at radius 1 is 0.604 bits per heavy atom. The monoisotopic (exact) mass is 796 g/mol. The van der Waals surface area contributed by atoms with Gasteiger partial charge in [0.15, 0.2) is 12.2 Å². The predicted molar refractivity (Wildman–Crippen MR) is 218 cm³/mol. The molecule has 0 N–H and O–H groups in total. The number of ether oxygens (including phenoxy) is 6. The van der Waals surface area contributed by atoms with Gasteiger partial charge in [-0.3, -0.25) is 9.59 Å². The number of benzene rings is 3. The third-order valence-corrected chi connectivity index (χ3v) is 9.08. The summed E-state index contributed by atoms with van der Waals surface area (Å²) in [6.07, 6.45) is 9.95. The number of hydrogen-bond acceptors (Lipinski definition) is 8. The number of carbonyl (C=O) groups excluding carboxylic acids is 2. The zero-order valence-electron chi connectivity index (χ0n) is 32.5. The molecule has 0 amide bonds. The van der Waals surface area contributed by atoms with Crippen LogP contribution in [0.4, 0.5) is 0 Å². The fourth-order valence-electron chi connectivity index (χ4n) is 5.93. The zero-order chi connectivity index (χ0) is 38.4. The molecule has 2 atom stereocenters. The van der Waals surface area contributed by atoms with E-state index in [2.05, 4.69) is 42.9 Å². The number of unbranched alkanes of at least 4 members (excludes halogenated alkanes) is 8. The van der Waals surface area contributed by atoms with Crippen molar-refractivity contribution >= 4 is 49.4 Å². The summed E-state index contributed by atoms with van der Waals surface area (Å²) >= 11 is 3.64. The molecule has 0 aliphatic rings. The number of esters is 2. The largest absolute Gasteiger partial charge is 0.488 e. The van der Waals surface area contributed by atoms with Gasteiger partial charge in [0.1, 0.15) is 24.7 Å². The van der Waals surface area contributed by atoms with Crippen LogP contribution in [0, 0.1) is 0 Å². The van der Waals surface area contributed by atoms with Crippen LogP contribution in [0.1, 0.15) is 105 Å². The van der Waals surface area contributed by atoms with E-state index in [1.54, 1.807) is 0 Å². The molecular formula is C44H61BrO8. The summed E-state index contributed by atoms with van der Waals surface area (Å²) in [5, 5.41) is 3.30. The molecule has 9 heteroatoms. The van der Waals surface area contributed by atoms with E-state index in [0.717, 1.165) is 88.5 Å². The Labute approximate surface area is 325 Å². The molecule has 0 aliphatic carbocycles. The van der Waals surface area contributed by atoms with Crippen molar-refractivity contribution in [3.63, 3.8) is 0 Å². The van der Waals surface area contributed by atoms with Crippen LogP contribution in [0.2, 0.25) is 0 Å². The molecule has 3 aromatic rings. The quantitative estimate of drug-likeness (QED) is 0.0311. The number of fused-ring (bicyclic) bond motifs is 2. The van der Waals surface area contributed by atoms with Gasteiger partial charge >= 0.3 is 11.9 Å². The van der Waals surface area contributed by atoms with Crippen molar-refractivity contribution in [3.8, 4) is 11.5 Å². The Bertz CT molecular complexity index is 1600. The van der Waals surface area contributed by atoms with Crippen LogP contribution in [-0.4, -0.2) is 63.8 Å². The molecule has 8 nitrogen and oxygen atoms in total. The molecule has 292 valence electrons. The number of hydrogen-bond donors (Lipinski definition) is 0. The van der Waals surface area contributed by atoms with Crippen molar-refractivity contribution in [1.82, 2.24) is 0 Å². The second kappa shape index (κ2) is 24.8. The molecule has 0 bridgehead atoms. The normalized spacial score (nSPS) is 12.4. The lowest BCUT2D eigenvalue weighted by Crippen LogP contribution is -2.30. The van der Waals surface area contributed by atoms with Crippen LogP contribution in [0.25, 0.3) is 21.5 Å². The van der Waals surface area contributed by atoms with Crippen molar-refractivity contribution in [2.24, 2.45) is 0 Å². The van der Waals surface area contributed by atoms with Gasteiger partial charge in [-0.2, -0.15) is 0 Å². The molecule has 3 rings (SSSR count). The molecule has 53 heavy (non-hydrogen) atoms. The first-order valence-corrected chi connectivity index (χ1v) is 20.1. The van der Waals surface area contributed by atoms with E-state index in [-0.39, 0.29) is 38.4 Å². The van der Waals surface area contributed by atoms with Gasteiger partial charge in [-0.05, 0) is 44.9 Å². The Kier molecular flexibility index (Phi) is 20.6. The first-order chi connectivity index (χ1) is 25.6. The summed E-state index contributed by atoms with van der Waals surface area (Å²) in [6, 6.07) is 13.8. The third kappa shape index (κ3) is 16.2. The van der Waals surface area contributed by atoms with E-state index in [0.29, 0.717) is 37.6 Å². The first kappa shape index (κ1) is 44.0. The summed E-state index contributed by atoms with van der Waals surface area (Å²) in [7, 11) is 0. The van der Waals surface area contributed by atoms with Crippen LogP contribution in [0.3, 0.4) is 0 Å². The van der Waals surface area contributed by atoms with Crippen molar-refractivity contribution in [1.29, 1.82) is 0 Å². The van der Waals surface area contributed by atoms with Crippen molar-refractivity contribution in [2.45, 2.75) is 117 Å². The first-order valence-electron chi connectivity index (χ1n) is 19.4. The summed E-state index contributed by atoms with van der Waals surface area (Å²) in [6.45, 7) is 17.3. The molecular weight excluding hydrogens is 736 g/mol. The lowest BCUT2D eigenvalue weighted by molar-refractivity contribution is -0.154. The number of halogens is 1. The number of rotatable bonds is 28. The van der Waals surface area contributed by atoms with Gasteiger partial charge in [0.05, 0.1) is 26.4 Å². The minimum absolute atomic E-state index is 0.0973. The zero-order valence-corrected chi connectivity index (χ0v) is 34.1. The summed E-state index contributed by atoms with van der Waals surface area (Å²) in [5.74, 6) is 0.775. The standard InChI is InChI=1S/C44H61BrO8/c1-7-9-11-13-15-21-41(46)52-35(28-48-26-32(3)4)30-50-43-37-19-17-18-20-38(37)44(40-25-34(45)23-24-39(40)43)51-31-36(29-49-27-33(5)6)53-42(47)22-16-14-12-10-8-2/h17-20,23-25,35-36H,3,5,7-16,21-22,26-31H2,1-2,4,6H3. The van der Waals surface area contributed by atoms with E-state index in [1.807, 2.05) is 56.3 Å². The Morgan fingerprint density at radius 2 is 1.04 bits per heavy atom. The lowest BCUT2D eigenvalue weighted by Gasteiger charge is -2.23. The molecule has 2 unspecified atom stereocenters. The predicted octanol–water partition coefficient (Wildman–Crippen LogP) is 11.2. The van der Waals surface area contributed by atoms with Crippen LogP contribution in [0.15, 0.2) is 71.2 Å². The Hall–Kier alpha value is -3.40. The summed E-state index contributed by atoms with van der Waals surface area (Å²) in [4.78, 5) is 25.7. The molecule has 0 heterocycles. The average molecular weight is 798 g/mol. The molecule has 0 fully saturated rings. The van der Waals surface area contributed by atoms with E-state index < -0.39 is 12.2 Å². The molecule has 0 aliphatic heterocycles. The highest BCUT2D eigenvalue weighted by Gasteiger charge is 2.23. The molecule has 0 saturated heterocycles. The highest BCUT2D eigenvalue weighted by Crippen LogP contribution is 2.44. The lowest BCUT2D eigenvalue weighted by atomic mass is 10.0. The van der Waals surface area contributed by atoms with Gasteiger partial charge < -0.3 is 28.4 Å². The van der Waals surface area contributed by atoms with Gasteiger partial charge in [0.25, 0.3) is 0 Å². The maximum absolute atomic E-state index is 12.9. The van der Waals surface area contributed by atoms with Crippen molar-refractivity contribution in [3.05, 3.63) is 71.2 Å². The van der Waals surface area contributed by atoms with Gasteiger partial charge in [0, 0.05) is 38.9 Å². The highest BCUT2D eigenvalue weighted by molar-refractivity contribution is 9.10. The maximum atomic E-state index is 12.9. The average Bonchev–Trinajstić information content (AvgIpc) is 3.12. The fourth-order valence-corrected chi connectivity index (χ4v) is 6.29. The van der Waals surface area contributed by atoms with Crippen molar-refractivity contribution < 1.29 is 38.0 Å². The van der Waals surface area contributed by atoms with E-state index in [1.165, 1.54) is 12.8 Å². The molecule has 0 saturated carbocycles. The van der Waals surface area contributed by atoms with Gasteiger partial charge in [-0.25, -0.2) is 0 Å². The van der Waals surface area contributed by atoms with Crippen LogP contribution in [0.5, 0.6) is 11.5 Å². The van der Waals surface area contributed by atoms with Crippen LogP contribution < -0.4 is 9.47 Å².